The minimum Gasteiger partial charge on any atom is -0.352 e. The van der Waals surface area contributed by atoms with E-state index in [0.29, 0.717) is 6.54 Å². The monoisotopic (exact) mass is 439 g/mol. The van der Waals surface area contributed by atoms with Crippen LogP contribution in [0.15, 0.2) is 66.7 Å². The number of imidazole rings is 1. The molecule has 170 valence electrons. The molecule has 1 amide bonds. The Morgan fingerprint density at radius 1 is 0.879 bits per heavy atom. The van der Waals surface area contributed by atoms with E-state index in [1.54, 1.807) is 0 Å². The molecule has 0 saturated carbocycles. The SMILES string of the molecule is Cc1ccc(Cn2c(CCCCCNC(=O)c3ccc(C)cc3C)nc3ccccc32)cc1. The molecule has 0 aliphatic rings. The van der Waals surface area contributed by atoms with Crippen LogP contribution in [-0.2, 0) is 13.0 Å². The van der Waals surface area contributed by atoms with Crippen LogP contribution in [0.4, 0.5) is 0 Å². The molecule has 1 heterocycles. The first-order valence-corrected chi connectivity index (χ1v) is 11.9. The highest BCUT2D eigenvalue weighted by Crippen LogP contribution is 2.20. The Labute approximate surface area is 196 Å². The molecule has 0 atom stereocenters. The summed E-state index contributed by atoms with van der Waals surface area (Å²) in [5.74, 6) is 1.16. The Morgan fingerprint density at radius 3 is 2.42 bits per heavy atom. The van der Waals surface area contributed by atoms with Crippen molar-refractivity contribution >= 4 is 16.9 Å². The maximum Gasteiger partial charge on any atom is 0.251 e. The van der Waals surface area contributed by atoms with E-state index >= 15 is 0 Å². The van der Waals surface area contributed by atoms with Crippen LogP contribution < -0.4 is 5.32 Å². The van der Waals surface area contributed by atoms with Gasteiger partial charge in [-0.1, -0.05) is 66.1 Å². The molecule has 4 aromatic rings. The molecule has 0 aliphatic carbocycles. The molecule has 0 aliphatic heterocycles. The van der Waals surface area contributed by atoms with Crippen molar-refractivity contribution in [2.75, 3.05) is 6.54 Å². The zero-order valence-corrected chi connectivity index (χ0v) is 19.9. The van der Waals surface area contributed by atoms with Crippen molar-refractivity contribution in [1.29, 1.82) is 0 Å². The molecule has 4 rings (SSSR count). The van der Waals surface area contributed by atoms with Crippen molar-refractivity contribution in [2.45, 2.75) is 53.0 Å². The highest BCUT2D eigenvalue weighted by atomic mass is 16.1. The van der Waals surface area contributed by atoms with Crippen LogP contribution in [0, 0.1) is 20.8 Å². The van der Waals surface area contributed by atoms with Gasteiger partial charge in [0.1, 0.15) is 5.82 Å². The van der Waals surface area contributed by atoms with Crippen molar-refractivity contribution in [3.8, 4) is 0 Å². The van der Waals surface area contributed by atoms with Gasteiger partial charge in [0.25, 0.3) is 5.91 Å². The van der Waals surface area contributed by atoms with E-state index in [1.807, 2.05) is 32.0 Å². The van der Waals surface area contributed by atoms with Gasteiger partial charge in [0.2, 0.25) is 0 Å². The lowest BCUT2D eigenvalue weighted by atomic mass is 10.1. The van der Waals surface area contributed by atoms with Crippen LogP contribution in [0.5, 0.6) is 0 Å². The molecule has 0 fully saturated rings. The van der Waals surface area contributed by atoms with Gasteiger partial charge < -0.3 is 9.88 Å². The largest absolute Gasteiger partial charge is 0.352 e. The number of aryl methyl sites for hydroxylation is 4. The number of benzene rings is 3. The second kappa shape index (κ2) is 10.5. The van der Waals surface area contributed by atoms with E-state index in [9.17, 15) is 4.79 Å². The predicted octanol–water partition coefficient (Wildman–Crippen LogP) is 6.15. The number of hydrogen-bond donors (Lipinski definition) is 1. The smallest absolute Gasteiger partial charge is 0.251 e. The van der Waals surface area contributed by atoms with E-state index < -0.39 is 0 Å². The minimum absolute atomic E-state index is 0.0207. The summed E-state index contributed by atoms with van der Waals surface area (Å²) in [4.78, 5) is 17.4. The number of aromatic nitrogens is 2. The molecule has 1 N–H and O–H groups in total. The Hall–Kier alpha value is -3.40. The second-order valence-electron chi connectivity index (χ2n) is 8.97. The van der Waals surface area contributed by atoms with Crippen molar-refractivity contribution in [1.82, 2.24) is 14.9 Å². The number of carbonyl (C=O) groups excluding carboxylic acids is 1. The van der Waals surface area contributed by atoms with Gasteiger partial charge in [0.05, 0.1) is 11.0 Å². The van der Waals surface area contributed by atoms with Gasteiger partial charge >= 0.3 is 0 Å². The van der Waals surface area contributed by atoms with Gasteiger partial charge in [-0.15, -0.1) is 0 Å². The number of carbonyl (C=O) groups is 1. The molecular weight excluding hydrogens is 406 g/mol. The zero-order valence-electron chi connectivity index (χ0n) is 19.9. The fourth-order valence-electron chi connectivity index (χ4n) is 4.32. The summed E-state index contributed by atoms with van der Waals surface area (Å²) in [6, 6.07) is 23.1. The number of hydrogen-bond acceptors (Lipinski definition) is 2. The third-order valence-corrected chi connectivity index (χ3v) is 6.18. The summed E-state index contributed by atoms with van der Waals surface area (Å²) in [5.41, 5.74) is 7.79. The van der Waals surface area contributed by atoms with E-state index in [-0.39, 0.29) is 5.91 Å². The summed E-state index contributed by atoms with van der Waals surface area (Å²) in [6.45, 7) is 7.69. The number of rotatable bonds is 9. The maximum atomic E-state index is 12.4. The Morgan fingerprint density at radius 2 is 1.64 bits per heavy atom. The average Bonchev–Trinajstić information content (AvgIpc) is 3.14. The zero-order chi connectivity index (χ0) is 23.2. The Balaban J connectivity index is 1.32. The summed E-state index contributed by atoms with van der Waals surface area (Å²) in [5, 5.41) is 3.07. The van der Waals surface area contributed by atoms with Gasteiger partial charge in [-0.2, -0.15) is 0 Å². The van der Waals surface area contributed by atoms with Gasteiger partial charge in [-0.25, -0.2) is 4.98 Å². The minimum atomic E-state index is 0.0207. The first-order chi connectivity index (χ1) is 16.0. The molecule has 0 saturated heterocycles. The van der Waals surface area contributed by atoms with Gasteiger partial charge in [-0.05, 0) is 62.9 Å². The summed E-state index contributed by atoms with van der Waals surface area (Å²) >= 11 is 0. The van der Waals surface area contributed by atoms with Crippen molar-refractivity contribution in [3.05, 3.63) is 100 Å². The van der Waals surface area contributed by atoms with Crippen LogP contribution in [0.2, 0.25) is 0 Å². The number of nitrogens with one attached hydrogen (secondary N) is 1. The molecule has 4 heteroatoms. The molecular formula is C29H33N3O. The van der Waals surface area contributed by atoms with Crippen LogP contribution >= 0.6 is 0 Å². The molecule has 33 heavy (non-hydrogen) atoms. The highest BCUT2D eigenvalue weighted by Gasteiger charge is 2.11. The summed E-state index contributed by atoms with van der Waals surface area (Å²) in [6.07, 6.45) is 4.01. The second-order valence-corrected chi connectivity index (χ2v) is 8.97. The summed E-state index contributed by atoms with van der Waals surface area (Å²) in [7, 11) is 0. The molecule has 0 unspecified atom stereocenters. The standard InChI is InChI=1S/C29H33N3O/c1-21-12-15-24(16-13-21)20-32-27-10-7-6-9-26(27)31-28(32)11-5-4-8-18-30-29(33)25-17-14-22(2)19-23(25)3/h6-7,9-10,12-17,19H,4-5,8,11,18,20H2,1-3H3,(H,30,33). The van der Waals surface area contributed by atoms with Gasteiger partial charge in [0, 0.05) is 25.1 Å². The molecule has 1 aromatic heterocycles. The Kier molecular flexibility index (Phi) is 7.23. The van der Waals surface area contributed by atoms with Gasteiger partial charge in [-0.3, -0.25) is 4.79 Å². The lowest BCUT2D eigenvalue weighted by Gasteiger charge is -2.10. The highest BCUT2D eigenvalue weighted by molar-refractivity contribution is 5.95. The normalized spacial score (nSPS) is 11.1. The number of para-hydroxylation sites is 2. The van der Waals surface area contributed by atoms with E-state index in [4.69, 9.17) is 4.98 Å². The van der Waals surface area contributed by atoms with E-state index in [0.717, 1.165) is 54.7 Å². The van der Waals surface area contributed by atoms with Crippen LogP contribution in [0.25, 0.3) is 11.0 Å². The Bertz CT molecular complexity index is 1240. The molecule has 0 spiro atoms. The van der Waals surface area contributed by atoms with Crippen molar-refractivity contribution in [2.24, 2.45) is 0 Å². The average molecular weight is 440 g/mol. The lowest BCUT2D eigenvalue weighted by molar-refractivity contribution is 0.0952. The first kappa shape index (κ1) is 22.8. The lowest BCUT2D eigenvalue weighted by Crippen LogP contribution is -2.25. The predicted molar refractivity (Wildman–Crippen MR) is 136 cm³/mol. The van der Waals surface area contributed by atoms with E-state index in [2.05, 4.69) is 65.3 Å². The van der Waals surface area contributed by atoms with Crippen molar-refractivity contribution in [3.63, 3.8) is 0 Å². The third-order valence-electron chi connectivity index (χ3n) is 6.18. The van der Waals surface area contributed by atoms with E-state index in [1.165, 1.54) is 22.2 Å². The topological polar surface area (TPSA) is 46.9 Å². The number of unbranched alkanes of at least 4 members (excludes halogenated alkanes) is 2. The van der Waals surface area contributed by atoms with Crippen LogP contribution in [0.1, 0.15) is 57.7 Å². The fourth-order valence-corrected chi connectivity index (χ4v) is 4.32. The van der Waals surface area contributed by atoms with Gasteiger partial charge in [0.15, 0.2) is 0 Å². The molecule has 3 aromatic carbocycles. The fraction of sp³-hybridized carbons (Fsp3) is 0.310. The van der Waals surface area contributed by atoms with Crippen molar-refractivity contribution < 1.29 is 4.79 Å². The quantitative estimate of drug-likeness (QED) is 0.318. The third kappa shape index (κ3) is 5.70. The maximum absolute atomic E-state index is 12.4. The number of amides is 1. The molecule has 0 radical (unpaired) electrons. The number of fused-ring (bicyclic) bond motifs is 1. The molecule has 0 bridgehead atoms. The number of nitrogens with zero attached hydrogens (tertiary/aromatic N) is 2. The summed E-state index contributed by atoms with van der Waals surface area (Å²) < 4.78 is 2.35. The molecule has 4 nitrogen and oxygen atoms in total. The first-order valence-electron chi connectivity index (χ1n) is 11.9. The van der Waals surface area contributed by atoms with Crippen LogP contribution in [-0.4, -0.2) is 22.0 Å². The van der Waals surface area contributed by atoms with Crippen LogP contribution in [0.3, 0.4) is 0 Å².